The van der Waals surface area contributed by atoms with Crippen LogP contribution >= 0.6 is 0 Å². The van der Waals surface area contributed by atoms with Crippen LogP contribution in [0.15, 0.2) is 35.7 Å². The van der Waals surface area contributed by atoms with Gasteiger partial charge in [0.05, 0.1) is 17.6 Å². The number of benzene rings is 1. The first-order chi connectivity index (χ1) is 10.7. The highest BCUT2D eigenvalue weighted by molar-refractivity contribution is 5.82. The number of methoxy groups -OCH3 is 1. The third kappa shape index (κ3) is 2.34. The molecule has 23 heavy (non-hydrogen) atoms. The Morgan fingerprint density at radius 3 is 2.35 bits per heavy atom. The lowest BCUT2D eigenvalue weighted by molar-refractivity contribution is -0.604. The van der Waals surface area contributed by atoms with Crippen LogP contribution in [0.4, 0.5) is 26.3 Å². The first-order valence-corrected chi connectivity index (χ1v) is 5.93. The van der Waals surface area contributed by atoms with Crippen molar-refractivity contribution in [3.63, 3.8) is 0 Å². The number of halogens is 6. The zero-order valence-electron chi connectivity index (χ0n) is 11.2. The van der Waals surface area contributed by atoms with E-state index in [4.69, 9.17) is 0 Å². The Bertz CT molecular complexity index is 747. The van der Waals surface area contributed by atoms with Gasteiger partial charge in [0.15, 0.2) is 11.7 Å². The normalized spacial score (nSPS) is 24.9. The quantitative estimate of drug-likeness (QED) is 0.362. The minimum atomic E-state index is -4.69. The van der Waals surface area contributed by atoms with Crippen LogP contribution in [0.2, 0.25) is 0 Å². The SMILES string of the molecule is COc1ccc(C2=C(F)C(F)([N+](=O)[O-])C(F)C(F)=C2F)c(F)c1. The Kier molecular flexibility index (Phi) is 4.10. The van der Waals surface area contributed by atoms with Crippen molar-refractivity contribution in [3.05, 3.63) is 57.2 Å². The molecule has 0 amide bonds. The van der Waals surface area contributed by atoms with Crippen molar-refractivity contribution < 1.29 is 36.0 Å². The molecule has 0 spiro atoms. The van der Waals surface area contributed by atoms with E-state index in [9.17, 15) is 36.5 Å². The van der Waals surface area contributed by atoms with E-state index in [1.807, 2.05) is 0 Å². The first kappa shape index (κ1) is 16.8. The predicted octanol–water partition coefficient (Wildman–Crippen LogP) is 3.96. The molecule has 2 atom stereocenters. The standard InChI is InChI=1S/C13H7F6NO3/c1-23-5-2-3-6(7(14)4-5)8-9(15)10(16)12(18)13(19,11(8)17)20(21)22/h2-4,12H,1H3. The van der Waals surface area contributed by atoms with Crippen molar-refractivity contribution in [1.82, 2.24) is 0 Å². The maximum absolute atomic E-state index is 14.1. The summed E-state index contributed by atoms with van der Waals surface area (Å²) in [6.45, 7) is 0. The van der Waals surface area contributed by atoms with Crippen LogP contribution in [0.25, 0.3) is 5.57 Å². The van der Waals surface area contributed by atoms with E-state index < -0.39 is 51.3 Å². The van der Waals surface area contributed by atoms with Crippen molar-refractivity contribution in [2.24, 2.45) is 0 Å². The lowest BCUT2D eigenvalue weighted by Gasteiger charge is -2.24. The molecule has 0 bridgehead atoms. The Hall–Kier alpha value is -2.52. The van der Waals surface area contributed by atoms with Crippen LogP contribution in [-0.2, 0) is 0 Å². The molecule has 0 aliphatic heterocycles. The highest BCUT2D eigenvalue weighted by atomic mass is 19.2. The van der Waals surface area contributed by atoms with E-state index >= 15 is 0 Å². The summed E-state index contributed by atoms with van der Waals surface area (Å²) in [5, 5.41) is 10.6. The fourth-order valence-electron chi connectivity index (χ4n) is 2.02. The Labute approximate surface area is 124 Å². The Balaban J connectivity index is 2.77. The van der Waals surface area contributed by atoms with E-state index in [0.29, 0.717) is 12.1 Å². The molecular weight excluding hydrogens is 332 g/mol. The summed E-state index contributed by atoms with van der Waals surface area (Å²) in [7, 11) is 1.15. The van der Waals surface area contributed by atoms with Gasteiger partial charge in [-0.25, -0.2) is 17.6 Å². The topological polar surface area (TPSA) is 52.4 Å². The summed E-state index contributed by atoms with van der Waals surface area (Å²) in [5.74, 6) is -13.5. The molecular formula is C13H7F6NO3. The van der Waals surface area contributed by atoms with Gasteiger partial charge in [-0.15, -0.1) is 0 Å². The van der Waals surface area contributed by atoms with Gasteiger partial charge in [0.2, 0.25) is 5.83 Å². The number of allylic oxidation sites excluding steroid dienone is 2. The Morgan fingerprint density at radius 2 is 1.87 bits per heavy atom. The molecule has 124 valence electrons. The summed E-state index contributed by atoms with van der Waals surface area (Å²) in [6, 6.07) is 2.32. The molecule has 0 fully saturated rings. The maximum atomic E-state index is 14.1. The molecule has 1 aromatic rings. The van der Waals surface area contributed by atoms with Crippen LogP contribution in [0, 0.1) is 15.9 Å². The van der Waals surface area contributed by atoms with Crippen molar-refractivity contribution in [2.75, 3.05) is 7.11 Å². The molecule has 0 aromatic heterocycles. The molecule has 0 saturated carbocycles. The second-order valence-electron chi connectivity index (χ2n) is 4.49. The molecule has 2 rings (SSSR count). The highest BCUT2D eigenvalue weighted by Gasteiger charge is 2.64. The van der Waals surface area contributed by atoms with E-state index in [1.54, 1.807) is 0 Å². The summed E-state index contributed by atoms with van der Waals surface area (Å²) in [6.07, 6.45) is -3.83. The summed E-state index contributed by atoms with van der Waals surface area (Å²) < 4.78 is 87.2. The van der Waals surface area contributed by atoms with Gasteiger partial charge in [0, 0.05) is 11.6 Å². The fourth-order valence-corrected chi connectivity index (χ4v) is 2.02. The number of alkyl halides is 2. The van der Waals surface area contributed by atoms with E-state index in [2.05, 4.69) is 4.74 Å². The molecule has 1 aromatic carbocycles. The molecule has 0 N–H and O–H groups in total. The third-order valence-corrected chi connectivity index (χ3v) is 3.23. The largest absolute Gasteiger partial charge is 0.497 e. The van der Waals surface area contributed by atoms with Gasteiger partial charge in [-0.3, -0.25) is 10.1 Å². The highest BCUT2D eigenvalue weighted by Crippen LogP contribution is 2.48. The van der Waals surface area contributed by atoms with Gasteiger partial charge in [0.1, 0.15) is 11.6 Å². The van der Waals surface area contributed by atoms with Gasteiger partial charge in [-0.1, -0.05) is 0 Å². The van der Waals surface area contributed by atoms with Gasteiger partial charge in [-0.2, -0.15) is 8.78 Å². The maximum Gasteiger partial charge on any atom is 0.448 e. The van der Waals surface area contributed by atoms with E-state index in [0.717, 1.165) is 13.2 Å². The lowest BCUT2D eigenvalue weighted by Crippen LogP contribution is -2.46. The average Bonchev–Trinajstić information content (AvgIpc) is 2.52. The number of nitro groups is 1. The van der Waals surface area contributed by atoms with E-state index in [1.165, 1.54) is 0 Å². The van der Waals surface area contributed by atoms with Crippen LogP contribution < -0.4 is 4.74 Å². The molecule has 1 aliphatic carbocycles. The lowest BCUT2D eigenvalue weighted by atomic mass is 9.91. The molecule has 0 heterocycles. The zero-order valence-corrected chi connectivity index (χ0v) is 11.2. The molecule has 4 nitrogen and oxygen atoms in total. The molecule has 0 saturated heterocycles. The molecule has 1 aliphatic rings. The summed E-state index contributed by atoms with van der Waals surface area (Å²) in [4.78, 5) is 8.52. The smallest absolute Gasteiger partial charge is 0.448 e. The van der Waals surface area contributed by atoms with Crippen molar-refractivity contribution >= 4 is 5.57 Å². The first-order valence-electron chi connectivity index (χ1n) is 5.93. The zero-order chi connectivity index (χ0) is 17.5. The second kappa shape index (κ2) is 5.60. The molecule has 2 unspecified atom stereocenters. The minimum Gasteiger partial charge on any atom is -0.497 e. The number of ether oxygens (including phenoxy) is 1. The fraction of sp³-hybridized carbons (Fsp3) is 0.231. The second-order valence-corrected chi connectivity index (χ2v) is 4.49. The molecule has 10 heteroatoms. The van der Waals surface area contributed by atoms with Crippen LogP contribution in [0.1, 0.15) is 5.56 Å². The monoisotopic (exact) mass is 339 g/mol. The number of nitrogens with zero attached hydrogens (tertiary/aromatic N) is 1. The third-order valence-electron chi connectivity index (χ3n) is 3.23. The van der Waals surface area contributed by atoms with Crippen LogP contribution in [0.3, 0.4) is 0 Å². The van der Waals surface area contributed by atoms with Crippen molar-refractivity contribution in [2.45, 2.75) is 12.0 Å². The predicted molar refractivity (Wildman–Crippen MR) is 66.0 cm³/mol. The molecule has 0 radical (unpaired) electrons. The average molecular weight is 339 g/mol. The van der Waals surface area contributed by atoms with Crippen LogP contribution in [0.5, 0.6) is 5.75 Å². The van der Waals surface area contributed by atoms with E-state index in [-0.39, 0.29) is 5.75 Å². The number of hydrogen-bond donors (Lipinski definition) is 0. The number of hydrogen-bond acceptors (Lipinski definition) is 3. The van der Waals surface area contributed by atoms with Crippen LogP contribution in [-0.4, -0.2) is 24.0 Å². The van der Waals surface area contributed by atoms with Crippen molar-refractivity contribution in [3.8, 4) is 5.75 Å². The minimum absolute atomic E-state index is 0.0860. The Morgan fingerprint density at radius 1 is 1.26 bits per heavy atom. The van der Waals surface area contributed by atoms with Gasteiger partial charge in [-0.05, 0) is 12.1 Å². The van der Waals surface area contributed by atoms with Gasteiger partial charge in [0.25, 0.3) is 6.17 Å². The van der Waals surface area contributed by atoms with Crippen molar-refractivity contribution in [1.29, 1.82) is 0 Å². The summed E-state index contributed by atoms with van der Waals surface area (Å²) in [5.41, 5.74) is -2.72. The van der Waals surface area contributed by atoms with Gasteiger partial charge < -0.3 is 4.74 Å². The number of rotatable bonds is 3. The van der Waals surface area contributed by atoms with Gasteiger partial charge >= 0.3 is 5.79 Å². The summed E-state index contributed by atoms with van der Waals surface area (Å²) >= 11 is 0.